The lowest BCUT2D eigenvalue weighted by molar-refractivity contribution is -0.108. The largest absolute Gasteiger partial charge is 0.303 e. The van der Waals surface area contributed by atoms with Crippen LogP contribution in [-0.4, -0.2) is 6.29 Å². The van der Waals surface area contributed by atoms with Crippen LogP contribution in [0.2, 0.25) is 0 Å². The fourth-order valence-corrected chi connectivity index (χ4v) is 1.42. The molecule has 1 unspecified atom stereocenters. The Morgan fingerprint density at radius 2 is 1.79 bits per heavy atom. The number of unbranched alkanes of at least 4 members (excludes halogenated alkanes) is 3. The van der Waals surface area contributed by atoms with Crippen molar-refractivity contribution in [2.75, 3.05) is 0 Å². The van der Waals surface area contributed by atoms with Gasteiger partial charge in [0.25, 0.3) is 0 Å². The van der Waals surface area contributed by atoms with Crippen LogP contribution in [0.3, 0.4) is 0 Å². The van der Waals surface area contributed by atoms with Crippen molar-refractivity contribution in [1.82, 2.24) is 0 Å². The molecular formula is C13H24O. The van der Waals surface area contributed by atoms with Crippen LogP contribution in [0, 0.1) is 5.92 Å². The molecule has 0 rings (SSSR count). The summed E-state index contributed by atoms with van der Waals surface area (Å²) in [6.45, 7) is 4.37. The molecule has 0 amide bonds. The first kappa shape index (κ1) is 13.4. The van der Waals surface area contributed by atoms with E-state index in [0.29, 0.717) is 5.92 Å². The van der Waals surface area contributed by atoms with Crippen LogP contribution < -0.4 is 0 Å². The van der Waals surface area contributed by atoms with Crippen molar-refractivity contribution in [3.05, 3.63) is 12.2 Å². The zero-order valence-electron chi connectivity index (χ0n) is 9.67. The molecule has 0 aliphatic carbocycles. The van der Waals surface area contributed by atoms with Gasteiger partial charge in [-0.1, -0.05) is 45.3 Å². The third-order valence-electron chi connectivity index (χ3n) is 2.46. The number of carbonyl (C=O) groups is 1. The van der Waals surface area contributed by atoms with Crippen molar-refractivity contribution in [2.24, 2.45) is 5.92 Å². The van der Waals surface area contributed by atoms with Gasteiger partial charge in [-0.15, -0.1) is 0 Å². The Hall–Kier alpha value is -0.590. The van der Waals surface area contributed by atoms with Crippen LogP contribution in [0.5, 0.6) is 0 Å². The highest BCUT2D eigenvalue weighted by molar-refractivity contribution is 5.49. The minimum absolute atomic E-state index is 0.566. The van der Waals surface area contributed by atoms with Gasteiger partial charge in [-0.05, 0) is 25.2 Å². The minimum atomic E-state index is 0.566. The van der Waals surface area contributed by atoms with Crippen LogP contribution in [0.4, 0.5) is 0 Å². The van der Waals surface area contributed by atoms with E-state index in [2.05, 4.69) is 26.0 Å². The standard InChI is InChI=1S/C13H24O/c1-3-4-5-6-7-8-9-10-13(2)11-12-14/h6-7,12-13H,3-5,8-11H2,1-2H3/b7-6+. The second-order valence-electron chi connectivity index (χ2n) is 4.05. The van der Waals surface area contributed by atoms with Gasteiger partial charge in [0.2, 0.25) is 0 Å². The normalized spacial score (nSPS) is 13.3. The van der Waals surface area contributed by atoms with Crippen molar-refractivity contribution in [3.8, 4) is 0 Å². The molecule has 0 saturated carbocycles. The van der Waals surface area contributed by atoms with E-state index in [4.69, 9.17) is 0 Å². The number of allylic oxidation sites excluding steroid dienone is 2. The Balaban J connectivity index is 3.19. The Morgan fingerprint density at radius 3 is 2.36 bits per heavy atom. The first-order valence-electron chi connectivity index (χ1n) is 5.89. The number of aldehydes is 1. The highest BCUT2D eigenvalue weighted by Crippen LogP contribution is 2.10. The highest BCUT2D eigenvalue weighted by Gasteiger charge is 1.98. The van der Waals surface area contributed by atoms with Crippen LogP contribution in [-0.2, 0) is 4.79 Å². The van der Waals surface area contributed by atoms with Gasteiger partial charge < -0.3 is 4.79 Å². The average Bonchev–Trinajstić information content (AvgIpc) is 2.17. The fourth-order valence-electron chi connectivity index (χ4n) is 1.42. The van der Waals surface area contributed by atoms with E-state index in [9.17, 15) is 4.79 Å². The minimum Gasteiger partial charge on any atom is -0.303 e. The van der Waals surface area contributed by atoms with Crippen LogP contribution in [0.1, 0.15) is 58.8 Å². The second-order valence-corrected chi connectivity index (χ2v) is 4.05. The lowest BCUT2D eigenvalue weighted by atomic mass is 10.0. The van der Waals surface area contributed by atoms with Crippen molar-refractivity contribution >= 4 is 6.29 Å². The number of hydrogen-bond acceptors (Lipinski definition) is 1. The molecule has 0 spiro atoms. The van der Waals surface area contributed by atoms with Gasteiger partial charge in [-0.2, -0.15) is 0 Å². The molecule has 0 radical (unpaired) electrons. The monoisotopic (exact) mass is 196 g/mol. The summed E-state index contributed by atoms with van der Waals surface area (Å²) < 4.78 is 0. The summed E-state index contributed by atoms with van der Waals surface area (Å²) in [6.07, 6.45) is 13.7. The highest BCUT2D eigenvalue weighted by atomic mass is 16.1. The summed E-state index contributed by atoms with van der Waals surface area (Å²) in [6, 6.07) is 0. The van der Waals surface area contributed by atoms with Crippen LogP contribution in [0.25, 0.3) is 0 Å². The summed E-state index contributed by atoms with van der Waals surface area (Å²) in [4.78, 5) is 10.2. The molecule has 0 heterocycles. The summed E-state index contributed by atoms with van der Waals surface area (Å²) in [5, 5.41) is 0. The van der Waals surface area contributed by atoms with Gasteiger partial charge >= 0.3 is 0 Å². The van der Waals surface area contributed by atoms with Gasteiger partial charge in [-0.3, -0.25) is 0 Å². The summed E-state index contributed by atoms with van der Waals surface area (Å²) >= 11 is 0. The van der Waals surface area contributed by atoms with Crippen LogP contribution >= 0.6 is 0 Å². The lowest BCUT2D eigenvalue weighted by Crippen LogP contribution is -1.94. The zero-order valence-corrected chi connectivity index (χ0v) is 9.67. The molecule has 0 aromatic rings. The van der Waals surface area contributed by atoms with Crippen molar-refractivity contribution in [1.29, 1.82) is 0 Å². The molecule has 1 atom stereocenters. The van der Waals surface area contributed by atoms with Gasteiger partial charge in [0.1, 0.15) is 6.29 Å². The van der Waals surface area contributed by atoms with E-state index in [-0.39, 0.29) is 0 Å². The smallest absolute Gasteiger partial charge is 0.120 e. The molecule has 0 aliphatic heterocycles. The second kappa shape index (κ2) is 10.5. The zero-order chi connectivity index (χ0) is 10.6. The maximum atomic E-state index is 10.2. The van der Waals surface area contributed by atoms with Gasteiger partial charge in [0.15, 0.2) is 0 Å². The van der Waals surface area contributed by atoms with Crippen molar-refractivity contribution in [2.45, 2.75) is 58.8 Å². The molecule has 0 aliphatic rings. The molecular weight excluding hydrogens is 172 g/mol. The Kier molecular flexibility index (Phi) is 10.0. The van der Waals surface area contributed by atoms with E-state index in [0.717, 1.165) is 12.7 Å². The van der Waals surface area contributed by atoms with Crippen molar-refractivity contribution in [3.63, 3.8) is 0 Å². The van der Waals surface area contributed by atoms with E-state index in [1.807, 2.05) is 0 Å². The van der Waals surface area contributed by atoms with E-state index < -0.39 is 0 Å². The van der Waals surface area contributed by atoms with Gasteiger partial charge in [0, 0.05) is 6.42 Å². The molecule has 0 saturated heterocycles. The Morgan fingerprint density at radius 1 is 1.14 bits per heavy atom. The molecule has 0 aromatic carbocycles. The Bertz CT molecular complexity index is 149. The molecule has 82 valence electrons. The topological polar surface area (TPSA) is 17.1 Å². The predicted molar refractivity (Wildman–Crippen MR) is 62.4 cm³/mol. The molecule has 0 fully saturated rings. The molecule has 1 nitrogen and oxygen atoms in total. The molecule has 0 N–H and O–H groups in total. The fraction of sp³-hybridized carbons (Fsp3) is 0.769. The third kappa shape index (κ3) is 9.50. The number of hydrogen-bond donors (Lipinski definition) is 0. The SMILES string of the molecule is CCCC/C=C/CCCC(C)CC=O. The van der Waals surface area contributed by atoms with Gasteiger partial charge in [-0.25, -0.2) is 0 Å². The van der Waals surface area contributed by atoms with Gasteiger partial charge in [0.05, 0.1) is 0 Å². The first-order chi connectivity index (χ1) is 6.81. The maximum Gasteiger partial charge on any atom is 0.120 e. The Labute approximate surface area is 88.6 Å². The predicted octanol–water partition coefficient (Wildman–Crippen LogP) is 4.13. The quantitative estimate of drug-likeness (QED) is 0.308. The molecule has 0 aromatic heterocycles. The summed E-state index contributed by atoms with van der Waals surface area (Å²) in [7, 11) is 0. The lowest BCUT2D eigenvalue weighted by Gasteiger charge is -2.04. The summed E-state index contributed by atoms with van der Waals surface area (Å²) in [5.41, 5.74) is 0. The third-order valence-corrected chi connectivity index (χ3v) is 2.46. The molecule has 0 bridgehead atoms. The maximum absolute atomic E-state index is 10.2. The van der Waals surface area contributed by atoms with E-state index >= 15 is 0 Å². The molecule has 14 heavy (non-hydrogen) atoms. The van der Waals surface area contributed by atoms with E-state index in [1.54, 1.807) is 0 Å². The number of rotatable bonds is 9. The number of carbonyl (C=O) groups excluding carboxylic acids is 1. The molecule has 1 heteroatoms. The van der Waals surface area contributed by atoms with Crippen LogP contribution in [0.15, 0.2) is 12.2 Å². The average molecular weight is 196 g/mol. The van der Waals surface area contributed by atoms with Crippen molar-refractivity contribution < 1.29 is 4.79 Å². The first-order valence-corrected chi connectivity index (χ1v) is 5.89. The van der Waals surface area contributed by atoms with E-state index in [1.165, 1.54) is 38.5 Å². The summed E-state index contributed by atoms with van der Waals surface area (Å²) in [5.74, 6) is 0.566.